The molecule has 0 aromatic carbocycles. The van der Waals surface area contributed by atoms with Crippen LogP contribution in [0.1, 0.15) is 31.9 Å². The molecule has 1 aliphatic carbocycles. The molecule has 0 unspecified atom stereocenters. The van der Waals surface area contributed by atoms with Crippen LogP contribution >= 0.6 is 12.2 Å². The van der Waals surface area contributed by atoms with E-state index in [0.29, 0.717) is 10.7 Å². The van der Waals surface area contributed by atoms with Crippen molar-refractivity contribution in [2.24, 2.45) is 11.7 Å². The van der Waals surface area contributed by atoms with Crippen LogP contribution in [0.5, 0.6) is 0 Å². The Hall–Kier alpha value is -1.16. The molecular weight excluding hydrogens is 230 g/mol. The molecule has 1 saturated carbocycles. The molecule has 3 nitrogen and oxygen atoms in total. The lowest BCUT2D eigenvalue weighted by Gasteiger charge is -2.24. The Morgan fingerprint density at radius 2 is 2.29 bits per heavy atom. The molecule has 1 heterocycles. The summed E-state index contributed by atoms with van der Waals surface area (Å²) >= 11 is 4.90. The molecule has 2 rings (SSSR count). The highest BCUT2D eigenvalue weighted by molar-refractivity contribution is 7.80. The maximum absolute atomic E-state index is 5.54. The Morgan fingerprint density at radius 1 is 1.53 bits per heavy atom. The molecule has 0 atom stereocenters. The van der Waals surface area contributed by atoms with E-state index in [4.69, 9.17) is 18.0 Å². The van der Waals surface area contributed by atoms with Gasteiger partial charge in [-0.05, 0) is 37.3 Å². The number of thiocarbonyl (C=S) groups is 1. The van der Waals surface area contributed by atoms with Crippen molar-refractivity contribution in [3.8, 4) is 0 Å². The van der Waals surface area contributed by atoms with E-state index in [1.165, 1.54) is 18.5 Å². The van der Waals surface area contributed by atoms with Crippen molar-refractivity contribution >= 4 is 22.9 Å². The Bertz CT molecular complexity index is 384. The quantitative estimate of drug-likeness (QED) is 0.786. The first kappa shape index (κ1) is 12.3. The van der Waals surface area contributed by atoms with Crippen molar-refractivity contribution in [2.45, 2.75) is 26.2 Å². The second-order valence-corrected chi connectivity index (χ2v) is 5.10. The molecule has 1 fully saturated rings. The lowest BCUT2D eigenvalue weighted by molar-refractivity contribution is 0.707. The highest BCUT2D eigenvalue weighted by Gasteiger charge is 2.24. The molecule has 1 aromatic rings. The van der Waals surface area contributed by atoms with Gasteiger partial charge in [0.15, 0.2) is 0 Å². The van der Waals surface area contributed by atoms with Crippen molar-refractivity contribution in [2.75, 3.05) is 18.0 Å². The van der Waals surface area contributed by atoms with Crippen LogP contribution in [-0.4, -0.2) is 23.1 Å². The molecule has 0 spiro atoms. The molecule has 0 amide bonds. The van der Waals surface area contributed by atoms with Gasteiger partial charge in [0.05, 0.1) is 17.6 Å². The number of hydrogen-bond donors (Lipinski definition) is 1. The maximum atomic E-state index is 5.54. The first-order valence-electron chi connectivity index (χ1n) is 6.21. The highest BCUT2D eigenvalue weighted by Crippen LogP contribution is 2.31. The van der Waals surface area contributed by atoms with E-state index in [0.717, 1.165) is 25.4 Å². The van der Waals surface area contributed by atoms with Crippen molar-refractivity contribution in [3.63, 3.8) is 0 Å². The number of hydrogen-bond acceptors (Lipinski definition) is 3. The van der Waals surface area contributed by atoms with Gasteiger partial charge in [0.1, 0.15) is 4.99 Å². The van der Waals surface area contributed by atoms with Gasteiger partial charge < -0.3 is 10.6 Å². The molecule has 2 N–H and O–H groups in total. The van der Waals surface area contributed by atoms with Crippen molar-refractivity contribution in [1.82, 2.24) is 4.98 Å². The largest absolute Gasteiger partial charge is 0.388 e. The lowest BCUT2D eigenvalue weighted by atomic mass is 10.2. The summed E-state index contributed by atoms with van der Waals surface area (Å²) in [6.07, 6.45) is 5.79. The monoisotopic (exact) mass is 249 g/mol. The molecule has 4 heteroatoms. The van der Waals surface area contributed by atoms with Gasteiger partial charge in [-0.3, -0.25) is 4.98 Å². The summed E-state index contributed by atoms with van der Waals surface area (Å²) in [5.41, 5.74) is 7.42. The molecule has 1 aliphatic rings. The van der Waals surface area contributed by atoms with Gasteiger partial charge in [0.2, 0.25) is 0 Å². The maximum Gasteiger partial charge on any atom is 0.122 e. The van der Waals surface area contributed by atoms with Gasteiger partial charge >= 0.3 is 0 Å². The van der Waals surface area contributed by atoms with Crippen LogP contribution < -0.4 is 10.6 Å². The van der Waals surface area contributed by atoms with E-state index in [-0.39, 0.29) is 0 Å². The topological polar surface area (TPSA) is 42.1 Å². The zero-order valence-electron chi connectivity index (χ0n) is 10.2. The molecule has 0 bridgehead atoms. The third kappa shape index (κ3) is 3.40. The smallest absolute Gasteiger partial charge is 0.122 e. The van der Waals surface area contributed by atoms with Crippen molar-refractivity contribution in [3.05, 3.63) is 24.0 Å². The molecule has 1 aromatic heterocycles. The van der Waals surface area contributed by atoms with Crippen LogP contribution in [0.25, 0.3) is 0 Å². The Labute approximate surface area is 108 Å². The third-order valence-electron chi connectivity index (χ3n) is 3.03. The average Bonchev–Trinajstić information content (AvgIpc) is 3.13. The van der Waals surface area contributed by atoms with Crippen LogP contribution in [0.2, 0.25) is 0 Å². The van der Waals surface area contributed by atoms with Gasteiger partial charge in [0, 0.05) is 13.1 Å². The predicted molar refractivity (Wildman–Crippen MR) is 75.4 cm³/mol. The summed E-state index contributed by atoms with van der Waals surface area (Å²) < 4.78 is 0. The van der Waals surface area contributed by atoms with Crippen molar-refractivity contribution < 1.29 is 0 Å². The number of nitrogens with zero attached hydrogens (tertiary/aromatic N) is 2. The second kappa shape index (κ2) is 5.45. The minimum atomic E-state index is 0.362. The highest BCUT2D eigenvalue weighted by atomic mass is 32.1. The van der Waals surface area contributed by atoms with E-state index >= 15 is 0 Å². The summed E-state index contributed by atoms with van der Waals surface area (Å²) in [7, 11) is 0. The molecule has 17 heavy (non-hydrogen) atoms. The third-order valence-corrected chi connectivity index (χ3v) is 3.24. The van der Waals surface area contributed by atoms with E-state index in [1.54, 1.807) is 0 Å². The summed E-state index contributed by atoms with van der Waals surface area (Å²) in [5, 5.41) is 0. The van der Waals surface area contributed by atoms with Crippen LogP contribution in [-0.2, 0) is 0 Å². The normalized spacial score (nSPS) is 14.6. The van der Waals surface area contributed by atoms with E-state index in [9.17, 15) is 0 Å². The van der Waals surface area contributed by atoms with Gasteiger partial charge in [0.25, 0.3) is 0 Å². The molecule has 0 aliphatic heterocycles. The fraction of sp³-hybridized carbons (Fsp3) is 0.538. The van der Waals surface area contributed by atoms with Crippen LogP contribution in [0, 0.1) is 5.92 Å². The van der Waals surface area contributed by atoms with Crippen molar-refractivity contribution in [1.29, 1.82) is 0 Å². The second-order valence-electron chi connectivity index (χ2n) is 4.66. The SMILES string of the molecule is CCCN(CC1CC1)c1ccc(C(N)=S)nc1. The Balaban J connectivity index is 2.08. The van der Waals surface area contributed by atoms with Crippen LogP contribution in [0.15, 0.2) is 18.3 Å². The fourth-order valence-corrected chi connectivity index (χ4v) is 2.05. The summed E-state index contributed by atoms with van der Waals surface area (Å²) in [6.45, 7) is 4.45. The first-order valence-corrected chi connectivity index (χ1v) is 6.62. The van der Waals surface area contributed by atoms with Crippen LogP contribution in [0.3, 0.4) is 0 Å². The van der Waals surface area contributed by atoms with Gasteiger partial charge in [-0.15, -0.1) is 0 Å². The van der Waals surface area contributed by atoms with Gasteiger partial charge in [-0.1, -0.05) is 19.1 Å². The summed E-state index contributed by atoms with van der Waals surface area (Å²) in [5.74, 6) is 0.886. The number of nitrogens with two attached hydrogens (primary N) is 1. The molecular formula is C13H19N3S. The van der Waals surface area contributed by atoms with Crippen LogP contribution in [0.4, 0.5) is 5.69 Å². The standard InChI is InChI=1S/C13H19N3S/c1-2-7-16(9-10-3-4-10)11-5-6-12(13(14)17)15-8-11/h5-6,8,10H,2-4,7,9H2,1H3,(H2,14,17). The first-order chi connectivity index (χ1) is 8.20. The number of anilines is 1. The summed E-state index contributed by atoms with van der Waals surface area (Å²) in [6, 6.07) is 3.98. The zero-order valence-corrected chi connectivity index (χ0v) is 11.0. The predicted octanol–water partition coefficient (Wildman–Crippen LogP) is 2.34. The van der Waals surface area contributed by atoms with E-state index < -0.39 is 0 Å². The Morgan fingerprint density at radius 3 is 2.76 bits per heavy atom. The number of aromatic nitrogens is 1. The minimum Gasteiger partial charge on any atom is -0.388 e. The number of rotatable bonds is 6. The van der Waals surface area contributed by atoms with Gasteiger partial charge in [-0.25, -0.2) is 0 Å². The van der Waals surface area contributed by atoms with E-state index in [1.807, 2.05) is 12.3 Å². The molecule has 92 valence electrons. The zero-order chi connectivity index (χ0) is 12.3. The van der Waals surface area contributed by atoms with E-state index in [2.05, 4.69) is 22.9 Å². The lowest BCUT2D eigenvalue weighted by Crippen LogP contribution is -2.26. The molecule has 0 saturated heterocycles. The fourth-order valence-electron chi connectivity index (χ4n) is 1.93. The Kier molecular flexibility index (Phi) is 3.94. The minimum absolute atomic E-state index is 0.362. The molecule has 0 radical (unpaired) electrons. The average molecular weight is 249 g/mol. The summed E-state index contributed by atoms with van der Waals surface area (Å²) in [4.78, 5) is 7.07. The number of pyridine rings is 1. The van der Waals surface area contributed by atoms with Gasteiger partial charge in [-0.2, -0.15) is 0 Å².